The molecule has 3 nitrogen and oxygen atoms in total. The van der Waals surface area contributed by atoms with Gasteiger partial charge in [0.1, 0.15) is 0 Å². The largest absolute Gasteiger partial charge is 0.379 e. The maximum Gasteiger partial charge on any atom is 0.0700 e. The van der Waals surface area contributed by atoms with E-state index in [0.717, 1.165) is 51.7 Å². The molecule has 0 bridgehead atoms. The van der Waals surface area contributed by atoms with E-state index in [4.69, 9.17) is 9.47 Å². The van der Waals surface area contributed by atoms with Crippen LogP contribution in [0.5, 0.6) is 0 Å². The highest BCUT2D eigenvalue weighted by Gasteiger charge is 1.98. The van der Waals surface area contributed by atoms with Gasteiger partial charge in [0.25, 0.3) is 0 Å². The van der Waals surface area contributed by atoms with E-state index in [1.54, 1.807) is 0 Å². The Labute approximate surface area is 111 Å². The van der Waals surface area contributed by atoms with Gasteiger partial charge >= 0.3 is 0 Å². The molecule has 4 heteroatoms. The first-order valence-electron chi connectivity index (χ1n) is 6.80. The molecule has 0 saturated carbocycles. The second-order valence-electron chi connectivity index (χ2n) is 3.86. The van der Waals surface area contributed by atoms with E-state index >= 15 is 0 Å². The van der Waals surface area contributed by atoms with Crippen molar-refractivity contribution in [1.29, 1.82) is 0 Å². The molecule has 104 valence electrons. The molecule has 0 rings (SSSR count). The molecular weight excluding hydrogens is 234 g/mol. The van der Waals surface area contributed by atoms with E-state index in [0.29, 0.717) is 0 Å². The van der Waals surface area contributed by atoms with E-state index in [2.05, 4.69) is 25.7 Å². The van der Waals surface area contributed by atoms with Gasteiger partial charge in [-0.3, -0.25) is 0 Å². The second kappa shape index (κ2) is 14.3. The number of nitrogens with zero attached hydrogens (tertiary/aromatic N) is 1. The number of ether oxygens (including phenoxy) is 2. The van der Waals surface area contributed by atoms with Crippen molar-refractivity contribution < 1.29 is 9.47 Å². The molecule has 0 amide bonds. The lowest BCUT2D eigenvalue weighted by molar-refractivity contribution is 0.0541. The highest BCUT2D eigenvalue weighted by molar-refractivity contribution is 7.99. The average Bonchev–Trinajstić information content (AvgIpc) is 2.36. The quantitative estimate of drug-likeness (QED) is 0.476. The number of rotatable bonds is 13. The van der Waals surface area contributed by atoms with Crippen molar-refractivity contribution in [1.82, 2.24) is 4.90 Å². The molecule has 0 atom stereocenters. The lowest BCUT2D eigenvalue weighted by Crippen LogP contribution is -2.25. The standard InChI is InChI=1S/C13H29NO2S/c1-4-8-15-9-10-16-11-13-17-12-7-14(5-2)6-3/h4-13H2,1-3H3. The van der Waals surface area contributed by atoms with E-state index < -0.39 is 0 Å². The van der Waals surface area contributed by atoms with Crippen LogP contribution in [-0.2, 0) is 9.47 Å². The topological polar surface area (TPSA) is 21.7 Å². The third kappa shape index (κ3) is 12.5. The van der Waals surface area contributed by atoms with Crippen LogP contribution < -0.4 is 0 Å². The van der Waals surface area contributed by atoms with Gasteiger partial charge in [-0.05, 0) is 19.5 Å². The Hall–Kier alpha value is 0.230. The molecule has 0 N–H and O–H groups in total. The Morgan fingerprint density at radius 1 is 0.824 bits per heavy atom. The van der Waals surface area contributed by atoms with Crippen LogP contribution in [0.4, 0.5) is 0 Å². The van der Waals surface area contributed by atoms with Gasteiger partial charge in [-0.1, -0.05) is 20.8 Å². The predicted molar refractivity (Wildman–Crippen MR) is 77.0 cm³/mol. The summed E-state index contributed by atoms with van der Waals surface area (Å²) in [7, 11) is 0. The van der Waals surface area contributed by atoms with Crippen LogP contribution in [0.2, 0.25) is 0 Å². The zero-order valence-electron chi connectivity index (χ0n) is 11.7. The monoisotopic (exact) mass is 263 g/mol. The first kappa shape index (κ1) is 17.2. The van der Waals surface area contributed by atoms with Gasteiger partial charge in [-0.25, -0.2) is 0 Å². The van der Waals surface area contributed by atoms with Crippen LogP contribution in [0.25, 0.3) is 0 Å². The van der Waals surface area contributed by atoms with Crippen molar-refractivity contribution in [3.05, 3.63) is 0 Å². The van der Waals surface area contributed by atoms with E-state index in [1.807, 2.05) is 11.8 Å². The fraction of sp³-hybridized carbons (Fsp3) is 1.00. The number of hydrogen-bond acceptors (Lipinski definition) is 4. The zero-order valence-corrected chi connectivity index (χ0v) is 12.6. The summed E-state index contributed by atoms with van der Waals surface area (Å²) >= 11 is 1.97. The summed E-state index contributed by atoms with van der Waals surface area (Å²) in [6, 6.07) is 0. The lowest BCUT2D eigenvalue weighted by Gasteiger charge is -2.17. The van der Waals surface area contributed by atoms with Crippen LogP contribution in [0.3, 0.4) is 0 Å². The van der Waals surface area contributed by atoms with Gasteiger partial charge in [0.05, 0.1) is 19.8 Å². The third-order valence-electron chi connectivity index (χ3n) is 2.54. The van der Waals surface area contributed by atoms with E-state index in [-0.39, 0.29) is 0 Å². The minimum Gasteiger partial charge on any atom is -0.379 e. The molecule has 0 aromatic heterocycles. The SMILES string of the molecule is CCCOCCOCCSCCN(CC)CC. The molecule has 0 aliphatic rings. The summed E-state index contributed by atoms with van der Waals surface area (Å²) in [4.78, 5) is 2.45. The molecule has 0 heterocycles. The molecule has 0 radical (unpaired) electrons. The summed E-state index contributed by atoms with van der Waals surface area (Å²) < 4.78 is 10.8. The van der Waals surface area contributed by atoms with Gasteiger partial charge in [-0.2, -0.15) is 11.8 Å². The fourth-order valence-corrected chi connectivity index (χ4v) is 2.25. The highest BCUT2D eigenvalue weighted by atomic mass is 32.2. The van der Waals surface area contributed by atoms with E-state index in [9.17, 15) is 0 Å². The van der Waals surface area contributed by atoms with Gasteiger partial charge in [0.2, 0.25) is 0 Å². The summed E-state index contributed by atoms with van der Waals surface area (Å²) in [6.07, 6.45) is 1.08. The molecule has 0 aliphatic heterocycles. The Bertz CT molecular complexity index is 143. The van der Waals surface area contributed by atoms with Crippen LogP contribution in [0.15, 0.2) is 0 Å². The third-order valence-corrected chi connectivity index (χ3v) is 3.47. The van der Waals surface area contributed by atoms with Crippen LogP contribution in [0.1, 0.15) is 27.2 Å². The van der Waals surface area contributed by atoms with Crippen molar-refractivity contribution >= 4 is 11.8 Å². The summed E-state index contributed by atoms with van der Waals surface area (Å²) in [5.41, 5.74) is 0. The minimum absolute atomic E-state index is 0.733. The Kier molecular flexibility index (Phi) is 14.5. The van der Waals surface area contributed by atoms with Crippen molar-refractivity contribution in [2.75, 3.05) is 57.6 Å². The molecular formula is C13H29NO2S. The molecule has 0 unspecified atom stereocenters. The van der Waals surface area contributed by atoms with Crippen molar-refractivity contribution in [2.24, 2.45) is 0 Å². The summed E-state index contributed by atoms with van der Waals surface area (Å²) in [6.45, 7) is 13.2. The molecule has 0 aromatic carbocycles. The Morgan fingerprint density at radius 2 is 1.47 bits per heavy atom. The van der Waals surface area contributed by atoms with Crippen molar-refractivity contribution in [3.63, 3.8) is 0 Å². The normalized spacial score (nSPS) is 11.3. The van der Waals surface area contributed by atoms with Gasteiger partial charge < -0.3 is 14.4 Å². The molecule has 0 aliphatic carbocycles. The predicted octanol–water partition coefficient (Wildman–Crippen LogP) is 2.50. The summed E-state index contributed by atoms with van der Waals surface area (Å²) in [5.74, 6) is 2.30. The first-order chi connectivity index (χ1) is 8.35. The van der Waals surface area contributed by atoms with Crippen LogP contribution >= 0.6 is 11.8 Å². The molecule has 17 heavy (non-hydrogen) atoms. The Morgan fingerprint density at radius 3 is 2.06 bits per heavy atom. The smallest absolute Gasteiger partial charge is 0.0700 e. The van der Waals surface area contributed by atoms with Gasteiger partial charge in [0.15, 0.2) is 0 Å². The molecule has 0 spiro atoms. The average molecular weight is 263 g/mol. The second-order valence-corrected chi connectivity index (χ2v) is 5.09. The van der Waals surface area contributed by atoms with Crippen molar-refractivity contribution in [3.8, 4) is 0 Å². The maximum absolute atomic E-state index is 5.48. The minimum atomic E-state index is 0.733. The molecule has 0 saturated heterocycles. The Balaban J connectivity index is 3.03. The maximum atomic E-state index is 5.48. The van der Waals surface area contributed by atoms with Crippen molar-refractivity contribution in [2.45, 2.75) is 27.2 Å². The lowest BCUT2D eigenvalue weighted by atomic mass is 10.5. The first-order valence-corrected chi connectivity index (χ1v) is 7.96. The molecule has 0 fully saturated rings. The molecule has 0 aromatic rings. The number of hydrogen-bond donors (Lipinski definition) is 0. The van der Waals surface area contributed by atoms with Gasteiger partial charge in [-0.15, -0.1) is 0 Å². The highest BCUT2D eigenvalue weighted by Crippen LogP contribution is 2.01. The zero-order chi connectivity index (χ0) is 12.8. The van der Waals surface area contributed by atoms with E-state index in [1.165, 1.54) is 12.3 Å². The fourth-order valence-electron chi connectivity index (χ4n) is 1.42. The van der Waals surface area contributed by atoms with Crippen LogP contribution in [0, 0.1) is 0 Å². The summed E-state index contributed by atoms with van der Waals surface area (Å²) in [5, 5.41) is 0. The van der Waals surface area contributed by atoms with Gasteiger partial charge in [0, 0.05) is 24.7 Å². The number of thioether (sulfide) groups is 1. The van der Waals surface area contributed by atoms with Crippen LogP contribution in [-0.4, -0.2) is 62.5 Å².